The van der Waals surface area contributed by atoms with Crippen LogP contribution in [0.15, 0.2) is 56.5 Å². The molecule has 2 N–H and O–H groups in total. The topological polar surface area (TPSA) is 87.6 Å². The zero-order valence-corrected chi connectivity index (χ0v) is 20.7. The van der Waals surface area contributed by atoms with Crippen molar-refractivity contribution >= 4 is 61.6 Å². The van der Waals surface area contributed by atoms with Gasteiger partial charge in [-0.25, -0.2) is 5.43 Å². The Kier molecular flexibility index (Phi) is 7.54. The van der Waals surface area contributed by atoms with Gasteiger partial charge in [0.2, 0.25) is 17.8 Å². The lowest BCUT2D eigenvalue weighted by atomic mass is 10.2. The standard InChI is InChI=1S/C22H23Br2N7O/c1-2-32-19-17(23)12-15(13-18(19)24)14-25-30-21-27-20(26-16-8-4-3-5-9-16)28-22(29-21)31-10-6-7-11-31/h3-5,8-9,12-14H,2,6-7,10-11H2,1H3,(H2,26,27,28,29,30). The highest BCUT2D eigenvalue weighted by atomic mass is 79.9. The summed E-state index contributed by atoms with van der Waals surface area (Å²) in [4.78, 5) is 15.8. The van der Waals surface area contributed by atoms with E-state index in [1.165, 1.54) is 0 Å². The summed E-state index contributed by atoms with van der Waals surface area (Å²) in [5.74, 6) is 2.25. The molecular formula is C22H23Br2N7O. The van der Waals surface area contributed by atoms with Crippen LogP contribution < -0.4 is 20.4 Å². The van der Waals surface area contributed by atoms with E-state index in [0.29, 0.717) is 24.5 Å². The number of anilines is 4. The van der Waals surface area contributed by atoms with Gasteiger partial charge in [-0.15, -0.1) is 0 Å². The molecule has 0 atom stereocenters. The smallest absolute Gasteiger partial charge is 0.250 e. The number of benzene rings is 2. The molecule has 0 unspecified atom stereocenters. The predicted octanol–water partition coefficient (Wildman–Crippen LogP) is 5.59. The minimum absolute atomic E-state index is 0.376. The molecule has 0 amide bonds. The van der Waals surface area contributed by atoms with Gasteiger partial charge in [0.25, 0.3) is 0 Å². The number of hydrogen-bond acceptors (Lipinski definition) is 8. The summed E-state index contributed by atoms with van der Waals surface area (Å²) in [6.45, 7) is 4.41. The summed E-state index contributed by atoms with van der Waals surface area (Å²) in [5.41, 5.74) is 4.73. The van der Waals surface area contributed by atoms with Crippen molar-refractivity contribution in [2.45, 2.75) is 19.8 Å². The van der Waals surface area contributed by atoms with Gasteiger partial charge in [-0.3, -0.25) is 0 Å². The first kappa shape index (κ1) is 22.5. The Morgan fingerprint density at radius 3 is 2.41 bits per heavy atom. The van der Waals surface area contributed by atoms with Crippen molar-refractivity contribution in [3.8, 4) is 5.75 Å². The Balaban J connectivity index is 1.54. The van der Waals surface area contributed by atoms with Crippen molar-refractivity contribution in [3.63, 3.8) is 0 Å². The zero-order chi connectivity index (χ0) is 22.3. The normalized spacial score (nSPS) is 13.5. The first-order valence-corrected chi connectivity index (χ1v) is 11.9. The number of ether oxygens (including phenoxy) is 1. The largest absolute Gasteiger partial charge is 0.492 e. The Morgan fingerprint density at radius 1 is 1.03 bits per heavy atom. The predicted molar refractivity (Wildman–Crippen MR) is 135 cm³/mol. The van der Waals surface area contributed by atoms with E-state index in [1.54, 1.807) is 6.21 Å². The molecule has 2 aromatic carbocycles. The number of para-hydroxylation sites is 1. The number of aromatic nitrogens is 3. The van der Waals surface area contributed by atoms with Gasteiger partial charge in [0.05, 0.1) is 21.8 Å². The third-order valence-corrected chi connectivity index (χ3v) is 5.91. The van der Waals surface area contributed by atoms with Crippen molar-refractivity contribution in [2.75, 3.05) is 35.3 Å². The van der Waals surface area contributed by atoms with E-state index in [9.17, 15) is 0 Å². The van der Waals surface area contributed by atoms with E-state index in [-0.39, 0.29) is 0 Å². The number of nitrogens with zero attached hydrogens (tertiary/aromatic N) is 5. The molecule has 8 nitrogen and oxygen atoms in total. The maximum Gasteiger partial charge on any atom is 0.250 e. The number of hydrogen-bond donors (Lipinski definition) is 2. The maximum absolute atomic E-state index is 5.63. The van der Waals surface area contributed by atoms with Gasteiger partial charge >= 0.3 is 0 Å². The minimum atomic E-state index is 0.376. The maximum atomic E-state index is 5.63. The number of halogens is 2. The molecule has 0 radical (unpaired) electrons. The second-order valence-electron chi connectivity index (χ2n) is 7.08. The lowest BCUT2D eigenvalue weighted by Gasteiger charge is -2.16. The average Bonchev–Trinajstić information content (AvgIpc) is 3.32. The highest BCUT2D eigenvalue weighted by molar-refractivity contribution is 9.11. The molecule has 1 fully saturated rings. The van der Waals surface area contributed by atoms with Gasteiger partial charge in [0.15, 0.2) is 0 Å². The molecule has 0 spiro atoms. The van der Waals surface area contributed by atoms with Crippen LogP contribution in [0.4, 0.5) is 23.5 Å². The van der Waals surface area contributed by atoms with E-state index in [4.69, 9.17) is 4.74 Å². The van der Waals surface area contributed by atoms with Crippen LogP contribution in [0, 0.1) is 0 Å². The molecule has 1 aliphatic heterocycles. The second kappa shape index (κ2) is 10.7. The van der Waals surface area contributed by atoms with E-state index in [1.807, 2.05) is 49.4 Å². The Hall–Kier alpha value is -2.72. The zero-order valence-electron chi connectivity index (χ0n) is 17.6. The molecule has 0 bridgehead atoms. The quantitative estimate of drug-likeness (QED) is 0.274. The van der Waals surface area contributed by atoms with Gasteiger partial charge < -0.3 is 15.0 Å². The Morgan fingerprint density at radius 2 is 1.72 bits per heavy atom. The van der Waals surface area contributed by atoms with E-state index < -0.39 is 0 Å². The van der Waals surface area contributed by atoms with E-state index in [0.717, 1.165) is 51.9 Å². The molecule has 166 valence electrons. The van der Waals surface area contributed by atoms with Crippen LogP contribution in [-0.2, 0) is 0 Å². The number of nitrogens with one attached hydrogen (secondary N) is 2. The fourth-order valence-electron chi connectivity index (χ4n) is 3.28. The summed E-state index contributed by atoms with van der Waals surface area (Å²) in [5, 5.41) is 7.57. The van der Waals surface area contributed by atoms with Gasteiger partial charge in [0.1, 0.15) is 5.75 Å². The van der Waals surface area contributed by atoms with Gasteiger partial charge in [-0.1, -0.05) is 18.2 Å². The molecule has 4 rings (SSSR count). The lowest BCUT2D eigenvalue weighted by Crippen LogP contribution is -2.21. The third kappa shape index (κ3) is 5.74. The third-order valence-electron chi connectivity index (χ3n) is 4.73. The van der Waals surface area contributed by atoms with Crippen molar-refractivity contribution in [1.29, 1.82) is 0 Å². The van der Waals surface area contributed by atoms with Gasteiger partial charge in [-0.2, -0.15) is 20.1 Å². The minimum Gasteiger partial charge on any atom is -0.492 e. The van der Waals surface area contributed by atoms with Crippen LogP contribution in [0.25, 0.3) is 0 Å². The summed E-state index contributed by atoms with van der Waals surface area (Å²) >= 11 is 7.08. The lowest BCUT2D eigenvalue weighted by molar-refractivity contribution is 0.336. The summed E-state index contributed by atoms with van der Waals surface area (Å²) in [6, 6.07) is 13.7. The van der Waals surface area contributed by atoms with E-state index >= 15 is 0 Å². The average molecular weight is 561 g/mol. The van der Waals surface area contributed by atoms with Crippen LogP contribution in [0.5, 0.6) is 5.75 Å². The summed E-state index contributed by atoms with van der Waals surface area (Å²) in [7, 11) is 0. The Bertz CT molecular complexity index is 1070. The molecule has 1 aromatic heterocycles. The SMILES string of the molecule is CCOc1c(Br)cc(C=NNc2nc(Nc3ccccc3)nc(N3CCCC3)n2)cc1Br. The van der Waals surface area contributed by atoms with Crippen LogP contribution in [0.1, 0.15) is 25.3 Å². The molecule has 0 aliphatic carbocycles. The highest BCUT2D eigenvalue weighted by Gasteiger charge is 2.17. The van der Waals surface area contributed by atoms with Crippen molar-refractivity contribution < 1.29 is 4.74 Å². The molecular weight excluding hydrogens is 538 g/mol. The molecule has 3 aromatic rings. The number of rotatable bonds is 8. The molecule has 0 saturated carbocycles. The fourth-order valence-corrected chi connectivity index (χ4v) is 4.73. The monoisotopic (exact) mass is 559 g/mol. The molecule has 1 aliphatic rings. The second-order valence-corrected chi connectivity index (χ2v) is 8.79. The van der Waals surface area contributed by atoms with Crippen LogP contribution in [-0.4, -0.2) is 40.9 Å². The van der Waals surface area contributed by atoms with Crippen LogP contribution in [0.3, 0.4) is 0 Å². The summed E-state index contributed by atoms with van der Waals surface area (Å²) < 4.78 is 7.32. The van der Waals surface area contributed by atoms with E-state index in [2.05, 4.69) is 67.6 Å². The van der Waals surface area contributed by atoms with Gasteiger partial charge in [0, 0.05) is 18.8 Å². The first-order valence-electron chi connectivity index (χ1n) is 10.4. The molecule has 2 heterocycles. The van der Waals surface area contributed by atoms with Crippen LogP contribution in [0.2, 0.25) is 0 Å². The van der Waals surface area contributed by atoms with Crippen molar-refractivity contribution in [2.24, 2.45) is 5.10 Å². The highest BCUT2D eigenvalue weighted by Crippen LogP contribution is 2.34. The number of hydrazone groups is 1. The van der Waals surface area contributed by atoms with Crippen molar-refractivity contribution in [3.05, 3.63) is 57.0 Å². The Labute approximate surface area is 203 Å². The fraction of sp³-hybridized carbons (Fsp3) is 0.273. The molecule has 32 heavy (non-hydrogen) atoms. The van der Waals surface area contributed by atoms with Crippen molar-refractivity contribution in [1.82, 2.24) is 15.0 Å². The molecule has 10 heteroatoms. The summed E-state index contributed by atoms with van der Waals surface area (Å²) in [6.07, 6.45) is 3.97. The first-order chi connectivity index (χ1) is 15.6. The molecule has 1 saturated heterocycles. The van der Waals surface area contributed by atoms with Crippen LogP contribution >= 0.6 is 31.9 Å². The van der Waals surface area contributed by atoms with Gasteiger partial charge in [-0.05, 0) is 81.5 Å².